The number of hydrogen-bond acceptors (Lipinski definition) is 6. The summed E-state index contributed by atoms with van der Waals surface area (Å²) in [5, 5.41) is 11.9. The Morgan fingerprint density at radius 2 is 1.96 bits per heavy atom. The van der Waals surface area contributed by atoms with Crippen molar-refractivity contribution < 1.29 is 17.5 Å². The molecule has 1 saturated heterocycles. The van der Waals surface area contributed by atoms with E-state index in [1.807, 2.05) is 0 Å². The van der Waals surface area contributed by atoms with E-state index in [-0.39, 0.29) is 29.0 Å². The second kappa shape index (κ2) is 8.32. The van der Waals surface area contributed by atoms with Crippen LogP contribution < -0.4 is 10.1 Å². The standard InChI is InChI=1S/C17H22FN5O3S.ClH/c1-26-15-10-13(2-3-14(15)18)27(24,25)22-7-4-12(5-8-22)17-21-20-16-11-19-6-9-23(16)17;/h2-3,10,12,19H,4-9,11H2,1H3;1H. The Morgan fingerprint density at radius 3 is 2.68 bits per heavy atom. The third kappa shape index (κ3) is 3.73. The van der Waals surface area contributed by atoms with Gasteiger partial charge in [-0.15, -0.1) is 22.6 Å². The molecule has 1 fully saturated rings. The van der Waals surface area contributed by atoms with E-state index in [1.54, 1.807) is 0 Å². The van der Waals surface area contributed by atoms with E-state index in [0.717, 1.165) is 30.8 Å². The zero-order chi connectivity index (χ0) is 19.0. The highest BCUT2D eigenvalue weighted by Gasteiger charge is 2.33. The molecule has 0 amide bonds. The number of sulfonamides is 1. The minimum atomic E-state index is -3.69. The van der Waals surface area contributed by atoms with Crippen LogP contribution in [0.4, 0.5) is 4.39 Å². The Labute approximate surface area is 169 Å². The van der Waals surface area contributed by atoms with Crippen molar-refractivity contribution in [2.75, 3.05) is 26.7 Å². The number of benzene rings is 1. The topological polar surface area (TPSA) is 89.4 Å². The number of aromatic nitrogens is 3. The number of hydrogen-bond donors (Lipinski definition) is 1. The molecule has 2 aliphatic rings. The number of ether oxygens (including phenoxy) is 1. The minimum Gasteiger partial charge on any atom is -0.494 e. The summed E-state index contributed by atoms with van der Waals surface area (Å²) < 4.78 is 47.9. The number of nitrogens with zero attached hydrogens (tertiary/aromatic N) is 4. The van der Waals surface area contributed by atoms with E-state index in [1.165, 1.54) is 23.5 Å². The predicted octanol–water partition coefficient (Wildman–Crippen LogP) is 1.52. The summed E-state index contributed by atoms with van der Waals surface area (Å²) in [4.78, 5) is 0.0464. The first kappa shape index (κ1) is 21.0. The first-order valence-electron chi connectivity index (χ1n) is 8.97. The molecule has 4 rings (SSSR count). The summed E-state index contributed by atoms with van der Waals surface area (Å²) in [5.41, 5.74) is 0. The van der Waals surface area contributed by atoms with Crippen LogP contribution >= 0.6 is 12.4 Å². The molecule has 11 heteroatoms. The van der Waals surface area contributed by atoms with Crippen LogP contribution in [0.2, 0.25) is 0 Å². The fraction of sp³-hybridized carbons (Fsp3) is 0.529. The normalized spacial score (nSPS) is 18.4. The molecule has 154 valence electrons. The highest BCUT2D eigenvalue weighted by atomic mass is 35.5. The molecule has 2 aromatic rings. The average Bonchev–Trinajstić information content (AvgIpc) is 3.12. The monoisotopic (exact) mass is 431 g/mol. The quantitative estimate of drug-likeness (QED) is 0.789. The minimum absolute atomic E-state index is 0. The number of rotatable bonds is 4. The van der Waals surface area contributed by atoms with Gasteiger partial charge in [0.25, 0.3) is 0 Å². The SMILES string of the molecule is COc1cc(S(=O)(=O)N2CCC(c3nnc4n3CCNC4)CC2)ccc1F.Cl. The van der Waals surface area contributed by atoms with Crippen molar-refractivity contribution in [2.45, 2.75) is 36.7 Å². The highest BCUT2D eigenvalue weighted by molar-refractivity contribution is 7.89. The lowest BCUT2D eigenvalue weighted by Gasteiger charge is -2.31. The van der Waals surface area contributed by atoms with E-state index in [0.29, 0.717) is 32.5 Å². The number of methoxy groups -OCH3 is 1. The van der Waals surface area contributed by atoms with Gasteiger partial charge < -0.3 is 14.6 Å². The fourth-order valence-corrected chi connectivity index (χ4v) is 5.21. The van der Waals surface area contributed by atoms with Gasteiger partial charge in [-0.25, -0.2) is 12.8 Å². The third-order valence-electron chi connectivity index (χ3n) is 5.23. The molecular formula is C17H23ClFN5O3S. The highest BCUT2D eigenvalue weighted by Crippen LogP contribution is 2.31. The second-order valence-electron chi connectivity index (χ2n) is 6.78. The van der Waals surface area contributed by atoms with Gasteiger partial charge >= 0.3 is 0 Å². The van der Waals surface area contributed by atoms with E-state index >= 15 is 0 Å². The van der Waals surface area contributed by atoms with Gasteiger partial charge in [0.05, 0.1) is 18.6 Å². The Bertz CT molecular complexity index is 944. The Morgan fingerprint density at radius 1 is 1.21 bits per heavy atom. The molecule has 1 N–H and O–H groups in total. The first-order valence-corrected chi connectivity index (χ1v) is 10.4. The van der Waals surface area contributed by atoms with Crippen molar-refractivity contribution >= 4 is 22.4 Å². The van der Waals surface area contributed by atoms with Gasteiger partial charge in [0.1, 0.15) is 11.6 Å². The van der Waals surface area contributed by atoms with Crippen molar-refractivity contribution in [3.63, 3.8) is 0 Å². The lowest BCUT2D eigenvalue weighted by molar-refractivity contribution is 0.306. The lowest BCUT2D eigenvalue weighted by atomic mass is 9.97. The predicted molar refractivity (Wildman–Crippen MR) is 103 cm³/mol. The smallest absolute Gasteiger partial charge is 0.243 e. The van der Waals surface area contributed by atoms with Crippen LogP contribution in [0.1, 0.15) is 30.4 Å². The molecule has 0 unspecified atom stereocenters. The van der Waals surface area contributed by atoms with Crippen molar-refractivity contribution in [1.82, 2.24) is 24.4 Å². The maximum Gasteiger partial charge on any atom is 0.243 e. The Balaban J connectivity index is 0.00000225. The van der Waals surface area contributed by atoms with Gasteiger partial charge in [-0.05, 0) is 25.0 Å². The van der Waals surface area contributed by atoms with Gasteiger partial charge in [-0.2, -0.15) is 4.31 Å². The van der Waals surface area contributed by atoms with E-state index in [4.69, 9.17) is 4.74 Å². The summed E-state index contributed by atoms with van der Waals surface area (Å²) in [6.07, 6.45) is 1.37. The first-order chi connectivity index (χ1) is 13.0. The lowest BCUT2D eigenvalue weighted by Crippen LogP contribution is -2.38. The summed E-state index contributed by atoms with van der Waals surface area (Å²) in [5.74, 6) is 1.42. The zero-order valence-electron chi connectivity index (χ0n) is 15.5. The molecule has 1 aromatic heterocycles. The maximum atomic E-state index is 13.6. The summed E-state index contributed by atoms with van der Waals surface area (Å²) in [6, 6.07) is 3.63. The maximum absolute atomic E-state index is 13.6. The van der Waals surface area contributed by atoms with E-state index in [2.05, 4.69) is 20.1 Å². The number of halogens is 2. The van der Waals surface area contributed by atoms with Crippen LogP contribution in [-0.2, 0) is 23.1 Å². The van der Waals surface area contributed by atoms with Gasteiger partial charge in [0, 0.05) is 38.2 Å². The largest absolute Gasteiger partial charge is 0.494 e. The van der Waals surface area contributed by atoms with Gasteiger partial charge in [0.15, 0.2) is 11.6 Å². The molecule has 8 nitrogen and oxygen atoms in total. The number of nitrogens with one attached hydrogen (secondary N) is 1. The zero-order valence-corrected chi connectivity index (χ0v) is 17.1. The summed E-state index contributed by atoms with van der Waals surface area (Å²) in [7, 11) is -2.37. The molecule has 0 radical (unpaired) electrons. The van der Waals surface area contributed by atoms with Crippen molar-refractivity contribution in [1.29, 1.82) is 0 Å². The number of fused-ring (bicyclic) bond motifs is 1. The average molecular weight is 432 g/mol. The number of piperidine rings is 1. The fourth-order valence-electron chi connectivity index (χ4n) is 3.72. The Hall–Kier alpha value is -1.75. The van der Waals surface area contributed by atoms with Crippen LogP contribution in [0.5, 0.6) is 5.75 Å². The van der Waals surface area contributed by atoms with Crippen molar-refractivity contribution in [3.8, 4) is 5.75 Å². The Kier molecular flexibility index (Phi) is 6.23. The van der Waals surface area contributed by atoms with Crippen LogP contribution in [0.3, 0.4) is 0 Å². The molecule has 28 heavy (non-hydrogen) atoms. The van der Waals surface area contributed by atoms with Gasteiger partial charge in [-0.3, -0.25) is 0 Å². The third-order valence-corrected chi connectivity index (χ3v) is 7.13. The molecule has 0 spiro atoms. The molecule has 1 aromatic carbocycles. The molecule has 0 saturated carbocycles. The second-order valence-corrected chi connectivity index (χ2v) is 8.72. The molecule has 0 atom stereocenters. The summed E-state index contributed by atoms with van der Waals surface area (Å²) >= 11 is 0. The van der Waals surface area contributed by atoms with E-state index < -0.39 is 15.8 Å². The van der Waals surface area contributed by atoms with Crippen LogP contribution in [-0.4, -0.2) is 54.2 Å². The molecule has 0 bridgehead atoms. The summed E-state index contributed by atoms with van der Waals surface area (Å²) in [6.45, 7) is 3.23. The van der Waals surface area contributed by atoms with Crippen LogP contribution in [0.15, 0.2) is 23.1 Å². The molecular weight excluding hydrogens is 409 g/mol. The van der Waals surface area contributed by atoms with Crippen LogP contribution in [0, 0.1) is 5.82 Å². The molecule has 0 aliphatic carbocycles. The van der Waals surface area contributed by atoms with Crippen molar-refractivity contribution in [3.05, 3.63) is 35.7 Å². The van der Waals surface area contributed by atoms with E-state index in [9.17, 15) is 12.8 Å². The van der Waals surface area contributed by atoms with Crippen molar-refractivity contribution in [2.24, 2.45) is 0 Å². The van der Waals surface area contributed by atoms with Gasteiger partial charge in [0.2, 0.25) is 10.0 Å². The molecule has 3 heterocycles. The van der Waals surface area contributed by atoms with Gasteiger partial charge in [-0.1, -0.05) is 0 Å². The molecule has 2 aliphatic heterocycles. The van der Waals surface area contributed by atoms with Crippen LogP contribution in [0.25, 0.3) is 0 Å².